The van der Waals surface area contributed by atoms with E-state index in [0.717, 1.165) is 9.90 Å². The fourth-order valence-corrected chi connectivity index (χ4v) is 4.11. The normalized spacial score (nSPS) is 10.4. The number of nitrogens with one attached hydrogen (secondary N) is 2. The highest BCUT2D eigenvalue weighted by Gasteiger charge is 2.09. The highest BCUT2D eigenvalue weighted by molar-refractivity contribution is 8.00. The zero-order valence-corrected chi connectivity index (χ0v) is 17.4. The lowest BCUT2D eigenvalue weighted by atomic mass is 10.1. The predicted molar refractivity (Wildman–Crippen MR) is 115 cm³/mol. The molecule has 0 aliphatic carbocycles. The van der Waals surface area contributed by atoms with E-state index in [-0.39, 0.29) is 17.6 Å². The van der Waals surface area contributed by atoms with Crippen molar-refractivity contribution >= 4 is 51.5 Å². The summed E-state index contributed by atoms with van der Waals surface area (Å²) in [6, 6.07) is 14.1. The Kier molecular flexibility index (Phi) is 6.73. The van der Waals surface area contributed by atoms with Gasteiger partial charge in [0.05, 0.1) is 0 Å². The fourth-order valence-electron chi connectivity index (χ4n) is 2.36. The van der Waals surface area contributed by atoms with Gasteiger partial charge in [0.25, 0.3) is 5.91 Å². The van der Waals surface area contributed by atoms with Gasteiger partial charge in [-0.05, 0) is 48.9 Å². The minimum Gasteiger partial charge on any atom is -0.322 e. The van der Waals surface area contributed by atoms with Crippen LogP contribution in [0.25, 0.3) is 0 Å². The van der Waals surface area contributed by atoms with Crippen LogP contribution in [-0.4, -0.2) is 27.8 Å². The van der Waals surface area contributed by atoms with Crippen molar-refractivity contribution in [3.05, 3.63) is 65.2 Å². The lowest BCUT2D eigenvalue weighted by Gasteiger charge is -2.07. The Labute approximate surface area is 175 Å². The smallest absolute Gasteiger partial charge is 0.255 e. The molecule has 2 N–H and O–H groups in total. The Morgan fingerprint density at radius 1 is 0.897 bits per heavy atom. The van der Waals surface area contributed by atoms with Gasteiger partial charge in [-0.1, -0.05) is 35.2 Å². The number of Topliss-reactive ketones (excluding diaryl/α,β-unsaturated/α-hetero) is 1. The molecule has 1 aromatic heterocycles. The molecule has 0 spiro atoms. The molecule has 3 aromatic rings. The number of benzene rings is 2. The highest BCUT2D eigenvalue weighted by atomic mass is 32.2. The molecule has 0 bridgehead atoms. The van der Waals surface area contributed by atoms with Gasteiger partial charge in [0.2, 0.25) is 11.0 Å². The van der Waals surface area contributed by atoms with Gasteiger partial charge >= 0.3 is 0 Å². The average Bonchev–Trinajstić information content (AvgIpc) is 3.13. The standard InChI is InChI=1S/C20H18N4O3S2/c1-12(25)15-7-9-17(10-8-15)22-18(27)16-5-3-14(4-6-16)11-28-20-24-23-19(29-20)21-13(2)26/h3-10H,11H2,1-2H3,(H,22,27)(H,21,23,26). The minimum atomic E-state index is -0.219. The topological polar surface area (TPSA) is 101 Å². The monoisotopic (exact) mass is 426 g/mol. The summed E-state index contributed by atoms with van der Waals surface area (Å²) < 4.78 is 0.754. The van der Waals surface area contributed by atoms with Crippen LogP contribution in [-0.2, 0) is 10.5 Å². The van der Waals surface area contributed by atoms with Crippen LogP contribution in [0.2, 0.25) is 0 Å². The molecule has 0 unspecified atom stereocenters. The van der Waals surface area contributed by atoms with Gasteiger partial charge in [-0.25, -0.2) is 0 Å². The van der Waals surface area contributed by atoms with Gasteiger partial charge < -0.3 is 10.6 Å². The van der Waals surface area contributed by atoms with E-state index in [4.69, 9.17) is 0 Å². The van der Waals surface area contributed by atoms with Crippen molar-refractivity contribution in [3.8, 4) is 0 Å². The Morgan fingerprint density at radius 3 is 2.17 bits per heavy atom. The summed E-state index contributed by atoms with van der Waals surface area (Å²) in [6.07, 6.45) is 0. The summed E-state index contributed by atoms with van der Waals surface area (Å²) in [5.74, 6) is 0.254. The summed E-state index contributed by atoms with van der Waals surface area (Å²) >= 11 is 2.82. The Balaban J connectivity index is 1.55. The predicted octanol–water partition coefficient (Wildman–Crippen LogP) is 4.24. The fraction of sp³-hybridized carbons (Fsp3) is 0.150. The van der Waals surface area contributed by atoms with Crippen LogP contribution >= 0.6 is 23.1 Å². The number of rotatable bonds is 7. The van der Waals surface area contributed by atoms with Gasteiger partial charge in [-0.3, -0.25) is 14.4 Å². The summed E-state index contributed by atoms with van der Waals surface area (Å²) in [7, 11) is 0. The molecular weight excluding hydrogens is 408 g/mol. The van der Waals surface area contributed by atoms with Crippen molar-refractivity contribution in [1.29, 1.82) is 0 Å². The number of anilines is 2. The van der Waals surface area contributed by atoms with Crippen LogP contribution < -0.4 is 10.6 Å². The SMILES string of the molecule is CC(=O)Nc1nnc(SCc2ccc(C(=O)Nc3ccc(C(C)=O)cc3)cc2)s1. The van der Waals surface area contributed by atoms with Gasteiger partial charge in [0, 0.05) is 29.5 Å². The Hall–Kier alpha value is -3.04. The highest BCUT2D eigenvalue weighted by Crippen LogP contribution is 2.28. The second-order valence-corrected chi connectivity index (χ2v) is 8.33. The van der Waals surface area contributed by atoms with E-state index in [1.165, 1.54) is 36.9 Å². The third kappa shape index (κ3) is 5.97. The molecule has 2 amide bonds. The first-order chi connectivity index (χ1) is 13.9. The number of carbonyl (C=O) groups is 3. The number of thioether (sulfide) groups is 1. The molecule has 0 aliphatic heterocycles. The van der Waals surface area contributed by atoms with Crippen molar-refractivity contribution in [1.82, 2.24) is 10.2 Å². The Bertz CT molecular complexity index is 1030. The summed E-state index contributed by atoms with van der Waals surface area (Å²) in [4.78, 5) is 34.7. The molecule has 29 heavy (non-hydrogen) atoms. The zero-order chi connectivity index (χ0) is 20.8. The number of ketones is 1. The lowest BCUT2D eigenvalue weighted by Crippen LogP contribution is -2.11. The summed E-state index contributed by atoms with van der Waals surface area (Å²) in [6.45, 7) is 2.92. The molecule has 0 saturated heterocycles. The largest absolute Gasteiger partial charge is 0.322 e. The molecule has 1 heterocycles. The summed E-state index contributed by atoms with van der Waals surface area (Å²) in [5, 5.41) is 13.8. The number of hydrogen-bond donors (Lipinski definition) is 2. The maximum Gasteiger partial charge on any atom is 0.255 e. The average molecular weight is 427 g/mol. The van der Waals surface area contributed by atoms with Crippen LogP contribution in [0.1, 0.15) is 40.1 Å². The quantitative estimate of drug-likeness (QED) is 0.333. The molecule has 7 nitrogen and oxygen atoms in total. The third-order valence-electron chi connectivity index (χ3n) is 3.82. The molecule has 0 saturated carbocycles. The van der Waals surface area contributed by atoms with E-state index in [0.29, 0.717) is 27.7 Å². The number of nitrogens with zero attached hydrogens (tertiary/aromatic N) is 2. The van der Waals surface area contributed by atoms with E-state index in [9.17, 15) is 14.4 Å². The van der Waals surface area contributed by atoms with E-state index >= 15 is 0 Å². The van der Waals surface area contributed by atoms with Crippen LogP contribution in [0, 0.1) is 0 Å². The number of carbonyl (C=O) groups excluding carboxylic acids is 3. The molecule has 0 aliphatic rings. The molecule has 148 valence electrons. The summed E-state index contributed by atoms with van der Waals surface area (Å²) in [5.41, 5.74) is 2.81. The molecular formula is C20H18N4O3S2. The third-order valence-corrected chi connectivity index (χ3v) is 5.86. The Morgan fingerprint density at radius 2 is 1.55 bits per heavy atom. The first-order valence-electron chi connectivity index (χ1n) is 8.66. The number of amides is 2. The van der Waals surface area contributed by atoms with Crippen molar-refractivity contribution < 1.29 is 14.4 Å². The van der Waals surface area contributed by atoms with Crippen LogP contribution in [0.3, 0.4) is 0 Å². The number of aromatic nitrogens is 2. The van der Waals surface area contributed by atoms with Gasteiger partial charge in [-0.2, -0.15) is 0 Å². The van der Waals surface area contributed by atoms with Crippen LogP contribution in [0.5, 0.6) is 0 Å². The zero-order valence-electron chi connectivity index (χ0n) is 15.8. The minimum absolute atomic E-state index is 0.0174. The second kappa shape index (κ2) is 9.44. The van der Waals surface area contributed by atoms with E-state index in [2.05, 4.69) is 20.8 Å². The van der Waals surface area contributed by atoms with Crippen LogP contribution in [0.15, 0.2) is 52.9 Å². The maximum absolute atomic E-state index is 12.4. The van der Waals surface area contributed by atoms with Crippen molar-refractivity contribution in [2.75, 3.05) is 10.6 Å². The molecule has 0 atom stereocenters. The van der Waals surface area contributed by atoms with Gasteiger partial charge in [0.1, 0.15) is 0 Å². The van der Waals surface area contributed by atoms with Crippen molar-refractivity contribution in [2.24, 2.45) is 0 Å². The molecule has 3 rings (SSSR count). The number of hydrogen-bond acceptors (Lipinski definition) is 7. The first kappa shape index (κ1) is 20.7. The van der Waals surface area contributed by atoms with Gasteiger partial charge in [-0.15, -0.1) is 10.2 Å². The molecule has 0 fully saturated rings. The van der Waals surface area contributed by atoms with Crippen molar-refractivity contribution in [3.63, 3.8) is 0 Å². The van der Waals surface area contributed by atoms with E-state index in [1.54, 1.807) is 36.4 Å². The molecule has 2 aromatic carbocycles. The van der Waals surface area contributed by atoms with E-state index in [1.807, 2.05) is 12.1 Å². The molecule has 9 heteroatoms. The lowest BCUT2D eigenvalue weighted by molar-refractivity contribution is -0.114. The van der Waals surface area contributed by atoms with Gasteiger partial charge in [0.15, 0.2) is 10.1 Å². The second-order valence-electron chi connectivity index (χ2n) is 6.13. The van der Waals surface area contributed by atoms with Crippen LogP contribution in [0.4, 0.5) is 10.8 Å². The van der Waals surface area contributed by atoms with Crippen molar-refractivity contribution in [2.45, 2.75) is 23.9 Å². The van der Waals surface area contributed by atoms with E-state index < -0.39 is 0 Å². The first-order valence-corrected chi connectivity index (χ1v) is 10.5. The maximum atomic E-state index is 12.4. The molecule has 0 radical (unpaired) electrons.